The quantitative estimate of drug-likeness (QED) is 0.491. The van der Waals surface area contributed by atoms with Crippen LogP contribution in [0.5, 0.6) is 0 Å². The lowest BCUT2D eigenvalue weighted by Crippen LogP contribution is -2.35. The largest absolute Gasteiger partial charge is 0.325 e. The Morgan fingerprint density at radius 3 is 2.48 bits per heavy atom. The third-order valence-electron chi connectivity index (χ3n) is 5.66. The molecule has 4 rings (SSSR count). The second-order valence-electron chi connectivity index (χ2n) is 8.44. The highest BCUT2D eigenvalue weighted by molar-refractivity contribution is 7.99. The molecule has 0 radical (unpaired) electrons. The Morgan fingerprint density at radius 2 is 1.79 bits per heavy atom. The van der Waals surface area contributed by atoms with E-state index in [1.54, 1.807) is 28.7 Å². The van der Waals surface area contributed by atoms with Crippen LogP contribution in [-0.4, -0.2) is 47.4 Å². The van der Waals surface area contributed by atoms with E-state index in [1.807, 2.05) is 24.3 Å². The number of anilines is 1. The number of thioether (sulfide) groups is 1. The van der Waals surface area contributed by atoms with E-state index < -0.39 is 10.0 Å². The monoisotopic (exact) mass is 484 g/mol. The molecule has 1 fully saturated rings. The second kappa shape index (κ2) is 10.2. The summed E-state index contributed by atoms with van der Waals surface area (Å²) in [5.41, 5.74) is 3.10. The fourth-order valence-electron chi connectivity index (χ4n) is 3.75. The summed E-state index contributed by atoms with van der Waals surface area (Å²) in [6, 6.07) is 12.7. The van der Waals surface area contributed by atoms with Crippen LogP contribution in [0.1, 0.15) is 44.6 Å². The number of aromatic nitrogens is 2. The summed E-state index contributed by atoms with van der Waals surface area (Å²) in [5.74, 6) is 0.521. The SMILES string of the molecule is CC(C)c1ccc(NC(=O)CSc2cnc3cc(S(=O)(=O)N4CCCCC4)ccc3n2)cc1. The van der Waals surface area contributed by atoms with E-state index in [1.165, 1.54) is 17.3 Å². The van der Waals surface area contributed by atoms with Gasteiger partial charge in [-0.2, -0.15) is 4.31 Å². The summed E-state index contributed by atoms with van der Waals surface area (Å²) >= 11 is 1.29. The van der Waals surface area contributed by atoms with Crippen LogP contribution in [0.2, 0.25) is 0 Å². The van der Waals surface area contributed by atoms with Crippen LogP contribution >= 0.6 is 11.8 Å². The molecule has 0 saturated carbocycles. The molecule has 33 heavy (non-hydrogen) atoms. The zero-order chi connectivity index (χ0) is 23.4. The van der Waals surface area contributed by atoms with Crippen molar-refractivity contribution in [1.82, 2.24) is 14.3 Å². The van der Waals surface area contributed by atoms with Crippen molar-refractivity contribution in [3.63, 3.8) is 0 Å². The third-order valence-corrected chi connectivity index (χ3v) is 8.45. The first-order chi connectivity index (χ1) is 15.8. The molecule has 1 aliphatic rings. The van der Waals surface area contributed by atoms with E-state index in [0.717, 1.165) is 24.9 Å². The van der Waals surface area contributed by atoms with Crippen molar-refractivity contribution in [2.24, 2.45) is 0 Å². The Hall–Kier alpha value is -2.49. The van der Waals surface area contributed by atoms with Gasteiger partial charge in [0.1, 0.15) is 5.03 Å². The predicted octanol–water partition coefficient (Wildman–Crippen LogP) is 4.66. The normalized spacial score (nSPS) is 15.1. The van der Waals surface area contributed by atoms with Gasteiger partial charge >= 0.3 is 0 Å². The number of benzene rings is 2. The molecule has 1 amide bonds. The van der Waals surface area contributed by atoms with Gasteiger partial charge < -0.3 is 5.32 Å². The van der Waals surface area contributed by atoms with Gasteiger partial charge in [-0.05, 0) is 54.7 Å². The van der Waals surface area contributed by atoms with E-state index in [0.29, 0.717) is 35.1 Å². The van der Waals surface area contributed by atoms with Gasteiger partial charge in [-0.25, -0.2) is 13.4 Å². The molecule has 0 atom stereocenters. The Balaban J connectivity index is 1.40. The minimum absolute atomic E-state index is 0.123. The van der Waals surface area contributed by atoms with Gasteiger partial charge in [0.05, 0.1) is 27.9 Å². The summed E-state index contributed by atoms with van der Waals surface area (Å²) in [5, 5.41) is 3.50. The zero-order valence-corrected chi connectivity index (χ0v) is 20.5. The zero-order valence-electron chi connectivity index (χ0n) is 18.8. The molecule has 2 aromatic carbocycles. The fraction of sp³-hybridized carbons (Fsp3) is 0.375. The number of carbonyl (C=O) groups is 1. The number of piperidine rings is 1. The van der Waals surface area contributed by atoms with Crippen molar-refractivity contribution in [2.75, 3.05) is 24.2 Å². The topological polar surface area (TPSA) is 92.3 Å². The molecule has 174 valence electrons. The van der Waals surface area contributed by atoms with Crippen LogP contribution in [0.15, 0.2) is 58.6 Å². The summed E-state index contributed by atoms with van der Waals surface area (Å²) in [6.45, 7) is 5.38. The smallest absolute Gasteiger partial charge is 0.243 e. The lowest BCUT2D eigenvalue weighted by atomic mass is 10.0. The Bertz CT molecular complexity index is 1240. The molecule has 7 nitrogen and oxygen atoms in total. The summed E-state index contributed by atoms with van der Waals surface area (Å²) in [6.07, 6.45) is 4.43. The molecule has 1 aliphatic heterocycles. The lowest BCUT2D eigenvalue weighted by molar-refractivity contribution is -0.113. The molecule has 0 aliphatic carbocycles. The van der Waals surface area contributed by atoms with E-state index >= 15 is 0 Å². The Morgan fingerprint density at radius 1 is 1.06 bits per heavy atom. The van der Waals surface area contributed by atoms with Crippen molar-refractivity contribution >= 4 is 44.4 Å². The first-order valence-electron chi connectivity index (χ1n) is 11.1. The van der Waals surface area contributed by atoms with Gasteiger partial charge in [-0.3, -0.25) is 9.78 Å². The maximum Gasteiger partial charge on any atom is 0.243 e. The predicted molar refractivity (Wildman–Crippen MR) is 132 cm³/mol. The van der Waals surface area contributed by atoms with Crippen molar-refractivity contribution in [3.05, 3.63) is 54.2 Å². The van der Waals surface area contributed by atoms with Crippen molar-refractivity contribution in [3.8, 4) is 0 Å². The molecular formula is C24H28N4O3S2. The molecule has 1 N–H and O–H groups in total. The lowest BCUT2D eigenvalue weighted by Gasteiger charge is -2.25. The Labute approximate surface area is 199 Å². The molecule has 0 bridgehead atoms. The molecule has 3 aromatic rings. The number of hydrogen-bond donors (Lipinski definition) is 1. The van der Waals surface area contributed by atoms with Crippen LogP contribution in [0.3, 0.4) is 0 Å². The minimum Gasteiger partial charge on any atom is -0.325 e. The third kappa shape index (κ3) is 5.72. The van der Waals surface area contributed by atoms with Gasteiger partial charge in [-0.15, -0.1) is 0 Å². The number of carbonyl (C=O) groups excluding carboxylic acids is 1. The van der Waals surface area contributed by atoms with Gasteiger partial charge in [0.25, 0.3) is 0 Å². The first-order valence-corrected chi connectivity index (χ1v) is 13.5. The number of fused-ring (bicyclic) bond motifs is 1. The number of nitrogens with zero attached hydrogens (tertiary/aromatic N) is 3. The van der Waals surface area contributed by atoms with Crippen molar-refractivity contribution in [2.45, 2.75) is 48.9 Å². The van der Waals surface area contributed by atoms with E-state index in [9.17, 15) is 13.2 Å². The highest BCUT2D eigenvalue weighted by Crippen LogP contribution is 2.25. The van der Waals surface area contributed by atoms with Gasteiger partial charge in [-0.1, -0.05) is 44.2 Å². The van der Waals surface area contributed by atoms with Crippen LogP contribution in [-0.2, 0) is 14.8 Å². The number of nitrogens with one attached hydrogen (secondary N) is 1. The Kier molecular flexibility index (Phi) is 7.31. The molecule has 9 heteroatoms. The number of sulfonamides is 1. The summed E-state index contributed by atoms with van der Waals surface area (Å²) in [7, 11) is -3.52. The van der Waals surface area contributed by atoms with Gasteiger partial charge in [0, 0.05) is 18.8 Å². The van der Waals surface area contributed by atoms with Crippen molar-refractivity contribution in [1.29, 1.82) is 0 Å². The summed E-state index contributed by atoms with van der Waals surface area (Å²) in [4.78, 5) is 21.5. The average molecular weight is 485 g/mol. The van der Waals surface area contributed by atoms with Crippen molar-refractivity contribution < 1.29 is 13.2 Å². The number of amides is 1. The molecular weight excluding hydrogens is 456 g/mol. The van der Waals surface area contributed by atoms with Crippen LogP contribution in [0.25, 0.3) is 11.0 Å². The standard InChI is InChI=1S/C24H28N4O3S2/c1-17(2)18-6-8-19(9-7-18)26-23(29)16-32-24-15-25-22-14-20(10-11-21(22)27-24)33(30,31)28-12-4-3-5-13-28/h6-11,14-15,17H,3-5,12-13,16H2,1-2H3,(H,26,29). The molecule has 1 saturated heterocycles. The highest BCUT2D eigenvalue weighted by atomic mass is 32.2. The maximum atomic E-state index is 12.9. The number of rotatable bonds is 7. The van der Waals surface area contributed by atoms with Crippen LogP contribution in [0, 0.1) is 0 Å². The molecule has 0 spiro atoms. The second-order valence-corrected chi connectivity index (χ2v) is 11.4. The molecule has 2 heterocycles. The minimum atomic E-state index is -3.52. The van der Waals surface area contributed by atoms with E-state index in [-0.39, 0.29) is 16.6 Å². The molecule has 1 aromatic heterocycles. The van der Waals surface area contributed by atoms with Crippen LogP contribution < -0.4 is 5.32 Å². The van der Waals surface area contributed by atoms with Gasteiger partial charge in [0.15, 0.2) is 0 Å². The maximum absolute atomic E-state index is 12.9. The summed E-state index contributed by atoms with van der Waals surface area (Å²) < 4.78 is 27.4. The van der Waals surface area contributed by atoms with E-state index in [4.69, 9.17) is 0 Å². The van der Waals surface area contributed by atoms with Crippen LogP contribution in [0.4, 0.5) is 5.69 Å². The first kappa shape index (κ1) is 23.7. The van der Waals surface area contributed by atoms with Gasteiger partial charge in [0.2, 0.25) is 15.9 Å². The number of hydrogen-bond acceptors (Lipinski definition) is 6. The molecule has 0 unspecified atom stereocenters. The average Bonchev–Trinajstić information content (AvgIpc) is 2.83. The fourth-order valence-corrected chi connectivity index (χ4v) is 5.92. The highest BCUT2D eigenvalue weighted by Gasteiger charge is 2.26. The van der Waals surface area contributed by atoms with E-state index in [2.05, 4.69) is 29.1 Å².